The van der Waals surface area contributed by atoms with Crippen LogP contribution in [-0.2, 0) is 4.79 Å². The van der Waals surface area contributed by atoms with Crippen LogP contribution in [0.1, 0.15) is 21.7 Å². The Hall–Kier alpha value is -3.72. The van der Waals surface area contributed by atoms with E-state index in [-0.39, 0.29) is 36.8 Å². The van der Waals surface area contributed by atoms with Gasteiger partial charge in [0.2, 0.25) is 6.79 Å². The summed E-state index contributed by atoms with van der Waals surface area (Å²) in [6, 6.07) is 12.7. The van der Waals surface area contributed by atoms with Crippen molar-refractivity contribution in [3.63, 3.8) is 0 Å². The van der Waals surface area contributed by atoms with Crippen molar-refractivity contribution in [3.05, 3.63) is 64.3 Å². The molecule has 9 heteroatoms. The molecular formula is C23H18N2O6S. The van der Waals surface area contributed by atoms with Crippen molar-refractivity contribution >= 4 is 45.9 Å². The summed E-state index contributed by atoms with van der Waals surface area (Å²) in [4.78, 5) is 39.0. The minimum absolute atomic E-state index is 0.0637. The maximum Gasteiger partial charge on any atom is 0.293 e. The fourth-order valence-corrected chi connectivity index (χ4v) is 4.46. The summed E-state index contributed by atoms with van der Waals surface area (Å²) >= 11 is 0.866. The lowest BCUT2D eigenvalue weighted by molar-refractivity contribution is -0.122. The Bertz CT molecular complexity index is 1290. The van der Waals surface area contributed by atoms with Gasteiger partial charge in [-0.05, 0) is 48.5 Å². The van der Waals surface area contributed by atoms with E-state index in [1.807, 2.05) is 25.1 Å². The van der Waals surface area contributed by atoms with E-state index in [4.69, 9.17) is 13.9 Å². The van der Waals surface area contributed by atoms with E-state index < -0.39 is 5.91 Å². The van der Waals surface area contributed by atoms with Crippen molar-refractivity contribution in [1.82, 2.24) is 10.2 Å². The van der Waals surface area contributed by atoms with Gasteiger partial charge in [-0.2, -0.15) is 0 Å². The Kier molecular flexibility index (Phi) is 5.10. The average Bonchev–Trinajstić information content (AvgIpc) is 3.46. The van der Waals surface area contributed by atoms with Crippen LogP contribution in [0.5, 0.6) is 11.5 Å². The Morgan fingerprint density at radius 3 is 2.81 bits per heavy atom. The Balaban J connectivity index is 1.23. The molecule has 2 aliphatic rings. The number of nitrogens with zero attached hydrogens (tertiary/aromatic N) is 1. The molecule has 3 heterocycles. The quantitative estimate of drug-likeness (QED) is 0.588. The maximum atomic E-state index is 12.7. The molecule has 5 rings (SSSR count). The zero-order valence-electron chi connectivity index (χ0n) is 17.0. The minimum Gasteiger partial charge on any atom is -0.454 e. The Morgan fingerprint density at radius 1 is 1.16 bits per heavy atom. The largest absolute Gasteiger partial charge is 0.454 e. The monoisotopic (exact) mass is 450 g/mol. The summed E-state index contributed by atoms with van der Waals surface area (Å²) in [5.41, 5.74) is 2.11. The van der Waals surface area contributed by atoms with Crippen molar-refractivity contribution in [2.24, 2.45) is 0 Å². The van der Waals surface area contributed by atoms with E-state index in [1.165, 1.54) is 0 Å². The van der Waals surface area contributed by atoms with E-state index in [9.17, 15) is 14.4 Å². The molecule has 32 heavy (non-hydrogen) atoms. The summed E-state index contributed by atoms with van der Waals surface area (Å²) < 4.78 is 16.3. The number of furan rings is 1. The first-order valence-corrected chi connectivity index (χ1v) is 10.7. The lowest BCUT2D eigenvalue weighted by atomic mass is 10.1. The number of fused-ring (bicyclic) bond motifs is 2. The van der Waals surface area contributed by atoms with Gasteiger partial charge in [-0.1, -0.05) is 24.3 Å². The molecular weight excluding hydrogens is 432 g/mol. The number of aryl methyl sites for hydroxylation is 1. The highest BCUT2D eigenvalue weighted by atomic mass is 32.2. The maximum absolute atomic E-state index is 12.7. The number of para-hydroxylation sites is 1. The Morgan fingerprint density at radius 2 is 1.97 bits per heavy atom. The molecule has 1 fully saturated rings. The zero-order valence-corrected chi connectivity index (χ0v) is 17.9. The van der Waals surface area contributed by atoms with Crippen LogP contribution in [-0.4, -0.2) is 41.8 Å². The molecule has 162 valence electrons. The highest BCUT2D eigenvalue weighted by Crippen LogP contribution is 2.36. The number of hydrogen-bond acceptors (Lipinski definition) is 7. The van der Waals surface area contributed by atoms with Crippen LogP contribution >= 0.6 is 11.8 Å². The summed E-state index contributed by atoms with van der Waals surface area (Å²) in [7, 11) is 0. The summed E-state index contributed by atoms with van der Waals surface area (Å²) in [6.45, 7) is 2.16. The van der Waals surface area contributed by atoms with Gasteiger partial charge in [0.15, 0.2) is 17.3 Å². The van der Waals surface area contributed by atoms with Gasteiger partial charge in [-0.3, -0.25) is 19.3 Å². The third kappa shape index (κ3) is 3.60. The second-order valence-corrected chi connectivity index (χ2v) is 8.25. The van der Waals surface area contributed by atoms with Gasteiger partial charge in [0.1, 0.15) is 5.58 Å². The van der Waals surface area contributed by atoms with Crippen LogP contribution in [0.25, 0.3) is 17.0 Å². The molecule has 3 amide bonds. The lowest BCUT2D eigenvalue weighted by Gasteiger charge is -2.12. The number of rotatable bonds is 5. The van der Waals surface area contributed by atoms with E-state index >= 15 is 0 Å². The number of nitrogens with one attached hydrogen (secondary N) is 1. The molecule has 1 aromatic heterocycles. The van der Waals surface area contributed by atoms with Crippen LogP contribution in [0.4, 0.5) is 4.79 Å². The second-order valence-electron chi connectivity index (χ2n) is 7.25. The number of hydrogen-bond donors (Lipinski definition) is 1. The van der Waals surface area contributed by atoms with Crippen molar-refractivity contribution in [2.75, 3.05) is 19.9 Å². The number of thioether (sulfide) groups is 1. The number of amides is 3. The van der Waals surface area contributed by atoms with Crippen LogP contribution in [0.3, 0.4) is 0 Å². The third-order valence-electron chi connectivity index (χ3n) is 5.24. The number of imide groups is 1. The van der Waals surface area contributed by atoms with E-state index in [0.29, 0.717) is 22.0 Å². The highest BCUT2D eigenvalue weighted by Gasteiger charge is 2.35. The van der Waals surface area contributed by atoms with Crippen molar-refractivity contribution < 1.29 is 28.3 Å². The second kappa shape index (κ2) is 8.08. The van der Waals surface area contributed by atoms with Crippen molar-refractivity contribution in [1.29, 1.82) is 0 Å². The van der Waals surface area contributed by atoms with Crippen LogP contribution < -0.4 is 14.8 Å². The molecule has 1 saturated heterocycles. The predicted molar refractivity (Wildman–Crippen MR) is 119 cm³/mol. The molecule has 3 aromatic rings. The highest BCUT2D eigenvalue weighted by molar-refractivity contribution is 8.18. The predicted octanol–water partition coefficient (Wildman–Crippen LogP) is 3.94. The third-order valence-corrected chi connectivity index (χ3v) is 6.15. The summed E-state index contributed by atoms with van der Waals surface area (Å²) in [5.74, 6) is 0.684. The first kappa shape index (κ1) is 20.2. The van der Waals surface area contributed by atoms with Crippen molar-refractivity contribution in [2.45, 2.75) is 6.92 Å². The molecule has 0 unspecified atom stereocenters. The van der Waals surface area contributed by atoms with Crippen LogP contribution in [0, 0.1) is 6.92 Å². The first-order chi connectivity index (χ1) is 15.5. The molecule has 0 spiro atoms. The fraction of sp³-hybridized carbons (Fsp3) is 0.174. The smallest absolute Gasteiger partial charge is 0.293 e. The van der Waals surface area contributed by atoms with Crippen molar-refractivity contribution in [3.8, 4) is 11.5 Å². The van der Waals surface area contributed by atoms with Gasteiger partial charge in [0, 0.05) is 24.0 Å². The van der Waals surface area contributed by atoms with E-state index in [0.717, 1.165) is 33.2 Å². The van der Waals surface area contributed by atoms with Gasteiger partial charge in [0.05, 0.1) is 4.91 Å². The van der Waals surface area contributed by atoms with Gasteiger partial charge in [-0.25, -0.2) is 0 Å². The Labute approximate surface area is 187 Å². The zero-order chi connectivity index (χ0) is 22.2. The molecule has 0 saturated carbocycles. The van der Waals surface area contributed by atoms with Gasteiger partial charge < -0.3 is 19.2 Å². The van der Waals surface area contributed by atoms with E-state index in [1.54, 1.807) is 30.3 Å². The normalized spacial score (nSPS) is 16.4. The molecule has 0 atom stereocenters. The summed E-state index contributed by atoms with van der Waals surface area (Å²) in [5, 5.41) is 3.22. The van der Waals surface area contributed by atoms with Gasteiger partial charge >= 0.3 is 0 Å². The topological polar surface area (TPSA) is 98.1 Å². The summed E-state index contributed by atoms with van der Waals surface area (Å²) in [6.07, 6.45) is 1.64. The number of carbonyl (C=O) groups excluding carboxylic acids is 3. The molecule has 2 aliphatic heterocycles. The molecule has 2 aromatic carbocycles. The molecule has 0 bridgehead atoms. The minimum atomic E-state index is -0.396. The lowest BCUT2D eigenvalue weighted by Crippen LogP contribution is -2.37. The number of ether oxygens (including phenoxy) is 2. The van der Waals surface area contributed by atoms with Crippen LogP contribution in [0.2, 0.25) is 0 Å². The number of benzene rings is 2. The van der Waals surface area contributed by atoms with Crippen LogP contribution in [0.15, 0.2) is 51.8 Å². The standard InChI is InChI=1S/C23H18N2O6S/c1-13-15-4-2-3-5-16(15)31-20(13)21(26)24-8-9-25-22(27)19(32-23(25)28)11-14-6-7-17-18(10-14)30-12-29-17/h2-7,10-11H,8-9,12H2,1H3,(H,24,26)/b19-11-. The van der Waals surface area contributed by atoms with Gasteiger partial charge in [0.25, 0.3) is 17.1 Å². The molecule has 0 radical (unpaired) electrons. The van der Waals surface area contributed by atoms with E-state index in [2.05, 4.69) is 5.32 Å². The average molecular weight is 450 g/mol. The first-order valence-electron chi connectivity index (χ1n) is 9.92. The SMILES string of the molecule is Cc1c(C(=O)NCCN2C(=O)S/C(=C\c3ccc4c(c3)OCO4)C2=O)oc2ccccc12. The van der Waals surface area contributed by atoms with Gasteiger partial charge in [-0.15, -0.1) is 0 Å². The molecule has 8 nitrogen and oxygen atoms in total. The molecule has 1 N–H and O–H groups in total. The number of carbonyl (C=O) groups is 3. The fourth-order valence-electron chi connectivity index (χ4n) is 3.60. The molecule has 0 aliphatic carbocycles.